The van der Waals surface area contributed by atoms with Crippen molar-refractivity contribution >= 4 is 22.1 Å². The van der Waals surface area contributed by atoms with Gasteiger partial charge in [0.2, 0.25) is 5.71 Å². The second-order valence-electron chi connectivity index (χ2n) is 13.3. The fourth-order valence-electron chi connectivity index (χ4n) is 8.65. The van der Waals surface area contributed by atoms with Crippen molar-refractivity contribution < 1.29 is 4.42 Å². The molecule has 9 aromatic rings. The highest BCUT2D eigenvalue weighted by Crippen LogP contribution is 2.63. The van der Waals surface area contributed by atoms with Crippen molar-refractivity contribution in [2.24, 2.45) is 0 Å². The SMILES string of the molecule is c1ccc(-c2nc(-c3ccccc3)c3c(n2)oc2ccc(-c4ccc5c(c4)C4(c6ccccc6-c6ccccc64)c4ccccc4-5)cc23)cc1. The number of aromatic nitrogens is 2. The van der Waals surface area contributed by atoms with Crippen LogP contribution in [0.2, 0.25) is 0 Å². The van der Waals surface area contributed by atoms with Gasteiger partial charge in [-0.3, -0.25) is 0 Å². The molecule has 0 radical (unpaired) electrons. The summed E-state index contributed by atoms with van der Waals surface area (Å²) >= 11 is 0. The average molecular weight is 637 g/mol. The van der Waals surface area contributed by atoms with Gasteiger partial charge in [0.25, 0.3) is 0 Å². The zero-order valence-corrected chi connectivity index (χ0v) is 27.0. The predicted molar refractivity (Wildman–Crippen MR) is 202 cm³/mol. The minimum Gasteiger partial charge on any atom is -0.438 e. The molecule has 0 N–H and O–H groups in total. The van der Waals surface area contributed by atoms with Gasteiger partial charge in [-0.25, -0.2) is 4.98 Å². The van der Waals surface area contributed by atoms with E-state index in [1.807, 2.05) is 36.4 Å². The summed E-state index contributed by atoms with van der Waals surface area (Å²) < 4.78 is 6.49. The molecule has 0 aliphatic heterocycles. The summed E-state index contributed by atoms with van der Waals surface area (Å²) in [7, 11) is 0. The topological polar surface area (TPSA) is 38.9 Å². The van der Waals surface area contributed by atoms with Gasteiger partial charge in [0.1, 0.15) is 5.58 Å². The maximum absolute atomic E-state index is 6.49. The molecule has 2 heterocycles. The molecular formula is C47H28N2O. The first-order chi connectivity index (χ1) is 24.8. The highest BCUT2D eigenvalue weighted by Gasteiger charge is 2.51. The third kappa shape index (κ3) is 3.64. The Bertz CT molecular complexity index is 2750. The second kappa shape index (κ2) is 10.2. The number of rotatable bonds is 3. The van der Waals surface area contributed by atoms with Crippen molar-refractivity contribution in [3.05, 3.63) is 192 Å². The summed E-state index contributed by atoms with van der Waals surface area (Å²) in [6.45, 7) is 0. The minimum atomic E-state index is -0.385. The molecule has 50 heavy (non-hydrogen) atoms. The Morgan fingerprint density at radius 3 is 1.56 bits per heavy atom. The van der Waals surface area contributed by atoms with Gasteiger partial charge >= 0.3 is 0 Å². The molecule has 0 fully saturated rings. The lowest BCUT2D eigenvalue weighted by atomic mass is 9.70. The van der Waals surface area contributed by atoms with E-state index in [1.54, 1.807) is 0 Å². The largest absolute Gasteiger partial charge is 0.438 e. The van der Waals surface area contributed by atoms with Crippen LogP contribution in [0, 0.1) is 0 Å². The first-order valence-corrected chi connectivity index (χ1v) is 17.1. The van der Waals surface area contributed by atoms with Crippen molar-refractivity contribution in [3.8, 4) is 56.0 Å². The molecule has 3 nitrogen and oxygen atoms in total. The van der Waals surface area contributed by atoms with Crippen LogP contribution in [0.25, 0.3) is 78.1 Å². The standard InChI is InChI=1S/C47H28N2O/c1-3-13-29(14-4-1)44-43-37-27-31(24-26-42(37)50-46(43)49-45(48-44)30-15-5-2-6-16-30)32-23-25-36-35-19-9-12-22-40(35)47(41(36)28-32)38-20-10-7-17-33(38)34-18-8-11-21-39(34)47/h1-28H. The molecule has 1 spiro atoms. The molecule has 7 aromatic carbocycles. The maximum Gasteiger partial charge on any atom is 0.231 e. The van der Waals surface area contributed by atoms with E-state index in [0.29, 0.717) is 11.5 Å². The van der Waals surface area contributed by atoms with Crippen LogP contribution < -0.4 is 0 Å². The van der Waals surface area contributed by atoms with Gasteiger partial charge < -0.3 is 4.42 Å². The van der Waals surface area contributed by atoms with Crippen LogP contribution in [-0.4, -0.2) is 9.97 Å². The smallest absolute Gasteiger partial charge is 0.231 e. The predicted octanol–water partition coefficient (Wildman–Crippen LogP) is 11.7. The number of fused-ring (bicyclic) bond motifs is 13. The Morgan fingerprint density at radius 1 is 0.400 bits per heavy atom. The number of hydrogen-bond donors (Lipinski definition) is 0. The lowest BCUT2D eigenvalue weighted by Gasteiger charge is -2.30. The zero-order valence-electron chi connectivity index (χ0n) is 27.0. The Labute approximate surface area is 289 Å². The maximum atomic E-state index is 6.49. The van der Waals surface area contributed by atoms with Crippen LogP contribution in [-0.2, 0) is 5.41 Å². The molecule has 0 unspecified atom stereocenters. The third-order valence-corrected chi connectivity index (χ3v) is 10.7. The fourth-order valence-corrected chi connectivity index (χ4v) is 8.65. The molecule has 232 valence electrons. The van der Waals surface area contributed by atoms with E-state index < -0.39 is 0 Å². The summed E-state index contributed by atoms with van der Waals surface area (Å²) in [6, 6.07) is 60.8. The summed E-state index contributed by atoms with van der Waals surface area (Å²) in [5.74, 6) is 0.650. The molecule has 2 aliphatic rings. The number of benzene rings is 7. The van der Waals surface area contributed by atoms with E-state index in [9.17, 15) is 0 Å². The molecule has 0 atom stereocenters. The Balaban J connectivity index is 1.15. The van der Waals surface area contributed by atoms with Crippen LogP contribution in [0.4, 0.5) is 0 Å². The van der Waals surface area contributed by atoms with Gasteiger partial charge in [0.05, 0.1) is 16.5 Å². The highest BCUT2D eigenvalue weighted by atomic mass is 16.3. The quantitative estimate of drug-likeness (QED) is 0.194. The molecule has 2 aliphatic carbocycles. The molecule has 0 saturated carbocycles. The van der Waals surface area contributed by atoms with Crippen molar-refractivity contribution in [2.75, 3.05) is 0 Å². The third-order valence-electron chi connectivity index (χ3n) is 10.7. The summed E-state index contributed by atoms with van der Waals surface area (Å²) in [4.78, 5) is 10.1. The Morgan fingerprint density at radius 2 is 0.920 bits per heavy atom. The van der Waals surface area contributed by atoms with Crippen LogP contribution in [0.3, 0.4) is 0 Å². The molecule has 0 amide bonds. The van der Waals surface area contributed by atoms with E-state index >= 15 is 0 Å². The normalized spacial score (nSPS) is 13.4. The molecular weight excluding hydrogens is 609 g/mol. The second-order valence-corrected chi connectivity index (χ2v) is 13.3. The van der Waals surface area contributed by atoms with E-state index in [4.69, 9.17) is 14.4 Å². The molecule has 3 heteroatoms. The lowest BCUT2D eigenvalue weighted by molar-refractivity contribution is 0.653. The van der Waals surface area contributed by atoms with E-state index in [-0.39, 0.29) is 5.41 Å². The summed E-state index contributed by atoms with van der Waals surface area (Å²) in [5.41, 5.74) is 16.7. The Hall–Kier alpha value is -6.58. The van der Waals surface area contributed by atoms with Gasteiger partial charge in [-0.2, -0.15) is 4.98 Å². The average Bonchev–Trinajstić information content (AvgIpc) is 3.82. The number of furan rings is 1. The molecule has 0 bridgehead atoms. The van der Waals surface area contributed by atoms with E-state index in [1.165, 1.54) is 44.5 Å². The molecule has 0 saturated heterocycles. The van der Waals surface area contributed by atoms with Gasteiger partial charge in [0, 0.05) is 16.5 Å². The monoisotopic (exact) mass is 636 g/mol. The summed E-state index contributed by atoms with van der Waals surface area (Å²) in [6.07, 6.45) is 0. The van der Waals surface area contributed by atoms with Crippen molar-refractivity contribution in [2.45, 2.75) is 5.41 Å². The number of hydrogen-bond acceptors (Lipinski definition) is 3. The van der Waals surface area contributed by atoms with Crippen LogP contribution in [0.5, 0.6) is 0 Å². The van der Waals surface area contributed by atoms with Crippen molar-refractivity contribution in [1.82, 2.24) is 9.97 Å². The Kier molecular flexibility index (Phi) is 5.59. The molecule has 11 rings (SSSR count). The lowest BCUT2D eigenvalue weighted by Crippen LogP contribution is -2.25. The van der Waals surface area contributed by atoms with Crippen molar-refractivity contribution in [3.63, 3.8) is 0 Å². The first-order valence-electron chi connectivity index (χ1n) is 17.1. The van der Waals surface area contributed by atoms with Gasteiger partial charge in [-0.05, 0) is 73.8 Å². The van der Waals surface area contributed by atoms with Crippen LogP contribution in [0.1, 0.15) is 22.3 Å². The molecule has 2 aromatic heterocycles. The summed E-state index contributed by atoms with van der Waals surface area (Å²) in [5, 5.41) is 1.93. The fraction of sp³-hybridized carbons (Fsp3) is 0.0213. The first kappa shape index (κ1) is 27.4. The van der Waals surface area contributed by atoms with Crippen LogP contribution in [0.15, 0.2) is 174 Å². The van der Waals surface area contributed by atoms with Crippen molar-refractivity contribution in [1.29, 1.82) is 0 Å². The van der Waals surface area contributed by atoms with E-state index in [0.717, 1.165) is 44.3 Å². The van der Waals surface area contributed by atoms with Gasteiger partial charge in [0.15, 0.2) is 5.82 Å². The van der Waals surface area contributed by atoms with Gasteiger partial charge in [-0.15, -0.1) is 0 Å². The van der Waals surface area contributed by atoms with Crippen LogP contribution >= 0.6 is 0 Å². The minimum absolute atomic E-state index is 0.385. The van der Waals surface area contributed by atoms with Gasteiger partial charge in [-0.1, -0.05) is 152 Å². The van der Waals surface area contributed by atoms with E-state index in [2.05, 4.69) is 133 Å². The zero-order chi connectivity index (χ0) is 32.8. The number of nitrogens with zero attached hydrogens (tertiary/aromatic N) is 2. The highest BCUT2D eigenvalue weighted by molar-refractivity contribution is 6.11.